The van der Waals surface area contributed by atoms with E-state index in [-0.39, 0.29) is 17.6 Å². The Balaban J connectivity index is 2.25. The van der Waals surface area contributed by atoms with Gasteiger partial charge >= 0.3 is 11.3 Å². The highest BCUT2D eigenvalue weighted by atomic mass is 35.5. The highest BCUT2D eigenvalue weighted by Gasteiger charge is 2.31. The van der Waals surface area contributed by atoms with Crippen LogP contribution >= 0.6 is 11.6 Å². The third-order valence-corrected chi connectivity index (χ3v) is 5.90. The summed E-state index contributed by atoms with van der Waals surface area (Å²) in [7, 11) is -3.91. The number of sulfone groups is 1. The molecule has 1 N–H and O–H groups in total. The predicted octanol–water partition coefficient (Wildman–Crippen LogP) is 4.31. The minimum atomic E-state index is -3.91. The number of rotatable bonds is 7. The molecule has 0 aliphatic heterocycles. The monoisotopic (exact) mass is 443 g/mol. The Labute approximate surface area is 175 Å². The van der Waals surface area contributed by atoms with Crippen molar-refractivity contribution in [2.24, 2.45) is 5.92 Å². The van der Waals surface area contributed by atoms with Gasteiger partial charge in [-0.2, -0.15) is 0 Å². The van der Waals surface area contributed by atoms with Gasteiger partial charge in [-0.15, -0.1) is 5.10 Å². The maximum Gasteiger partial charge on any atom is 0.408 e. The van der Waals surface area contributed by atoms with Gasteiger partial charge in [0, 0.05) is 5.02 Å². The van der Waals surface area contributed by atoms with Gasteiger partial charge in [0.2, 0.25) is 15.7 Å². The summed E-state index contributed by atoms with van der Waals surface area (Å²) in [4.78, 5) is 12.2. The average molecular weight is 444 g/mol. The molecular formula is C19H26ClN3O5S. The Bertz CT molecular complexity index is 953. The summed E-state index contributed by atoms with van der Waals surface area (Å²) in [6.45, 7) is 9.05. The Morgan fingerprint density at radius 3 is 2.52 bits per heavy atom. The summed E-state index contributed by atoms with van der Waals surface area (Å²) in [5.74, 6) is -0.466. The van der Waals surface area contributed by atoms with Crippen molar-refractivity contribution < 1.29 is 22.4 Å². The van der Waals surface area contributed by atoms with Crippen LogP contribution in [0.5, 0.6) is 0 Å². The van der Waals surface area contributed by atoms with Gasteiger partial charge in [-0.1, -0.05) is 55.2 Å². The number of benzene rings is 1. The summed E-state index contributed by atoms with van der Waals surface area (Å²) < 4.78 is 36.1. The summed E-state index contributed by atoms with van der Waals surface area (Å²) in [5.41, 5.74) is -0.248. The van der Waals surface area contributed by atoms with Crippen molar-refractivity contribution in [1.82, 2.24) is 15.5 Å². The average Bonchev–Trinajstić information content (AvgIpc) is 3.10. The van der Waals surface area contributed by atoms with Crippen LogP contribution in [0.15, 0.2) is 33.9 Å². The van der Waals surface area contributed by atoms with E-state index in [2.05, 4.69) is 15.5 Å². The summed E-state index contributed by atoms with van der Waals surface area (Å²) in [6, 6.07) is 5.94. The Hall–Kier alpha value is -2.13. The molecule has 0 bridgehead atoms. The number of ether oxygens (including phenoxy) is 1. The molecule has 0 saturated carbocycles. The maximum absolute atomic E-state index is 12.7. The molecule has 0 fully saturated rings. The van der Waals surface area contributed by atoms with Crippen molar-refractivity contribution in [2.75, 3.05) is 0 Å². The third-order valence-electron chi connectivity index (χ3n) is 4.14. The Morgan fingerprint density at radius 2 is 1.93 bits per heavy atom. The number of carbonyl (C=O) groups excluding carboxylic acids is 1. The molecule has 0 aliphatic rings. The van der Waals surface area contributed by atoms with Crippen LogP contribution in [0.1, 0.15) is 58.5 Å². The molecule has 1 aromatic carbocycles. The Morgan fingerprint density at radius 1 is 1.28 bits per heavy atom. The van der Waals surface area contributed by atoms with Crippen molar-refractivity contribution >= 4 is 27.5 Å². The van der Waals surface area contributed by atoms with E-state index in [0.717, 1.165) is 0 Å². The maximum atomic E-state index is 12.7. The zero-order valence-electron chi connectivity index (χ0n) is 17.1. The molecule has 1 amide bonds. The van der Waals surface area contributed by atoms with Crippen LogP contribution in [0.3, 0.4) is 0 Å². The van der Waals surface area contributed by atoms with Crippen molar-refractivity contribution in [3.05, 3.63) is 40.7 Å². The van der Waals surface area contributed by atoms with Crippen LogP contribution in [-0.2, 0) is 20.3 Å². The zero-order chi connectivity index (χ0) is 21.8. The van der Waals surface area contributed by atoms with Gasteiger partial charge in [0.25, 0.3) is 0 Å². The van der Waals surface area contributed by atoms with Gasteiger partial charge in [0.1, 0.15) is 11.6 Å². The summed E-state index contributed by atoms with van der Waals surface area (Å²) in [6.07, 6.45) is 0.0337. The van der Waals surface area contributed by atoms with Crippen LogP contribution < -0.4 is 5.32 Å². The fourth-order valence-corrected chi connectivity index (χ4v) is 3.92. The predicted molar refractivity (Wildman–Crippen MR) is 108 cm³/mol. The quantitative estimate of drug-likeness (QED) is 0.678. The second-order valence-corrected chi connectivity index (χ2v) is 10.0. The second kappa shape index (κ2) is 9.13. The van der Waals surface area contributed by atoms with E-state index in [1.54, 1.807) is 45.0 Å². The van der Waals surface area contributed by atoms with Crippen molar-refractivity contribution in [2.45, 2.75) is 63.7 Å². The molecule has 29 heavy (non-hydrogen) atoms. The molecule has 1 heterocycles. The van der Waals surface area contributed by atoms with Gasteiger partial charge in [-0.3, -0.25) is 0 Å². The molecule has 0 unspecified atom stereocenters. The number of hydrogen-bond acceptors (Lipinski definition) is 7. The lowest BCUT2D eigenvalue weighted by Crippen LogP contribution is -2.37. The molecule has 2 atom stereocenters. The van der Waals surface area contributed by atoms with Gasteiger partial charge in [-0.25, -0.2) is 13.2 Å². The fourth-order valence-electron chi connectivity index (χ4n) is 2.47. The molecule has 0 saturated heterocycles. The fraction of sp³-hybridized carbons (Fsp3) is 0.526. The first kappa shape index (κ1) is 23.2. The molecule has 160 valence electrons. The molecule has 10 heteroatoms. The number of amides is 1. The molecule has 2 rings (SSSR count). The van der Waals surface area contributed by atoms with Gasteiger partial charge in [0.15, 0.2) is 0 Å². The van der Waals surface area contributed by atoms with E-state index < -0.39 is 32.8 Å². The van der Waals surface area contributed by atoms with Crippen molar-refractivity contribution in [3.63, 3.8) is 0 Å². The van der Waals surface area contributed by atoms with Crippen LogP contribution in [0.25, 0.3) is 0 Å². The molecule has 1 aromatic heterocycles. The highest BCUT2D eigenvalue weighted by Crippen LogP contribution is 2.27. The van der Waals surface area contributed by atoms with E-state index in [1.165, 1.54) is 0 Å². The molecule has 2 aromatic rings. The number of carbonyl (C=O) groups is 1. The Kier molecular flexibility index (Phi) is 7.29. The number of aromatic nitrogens is 2. The lowest BCUT2D eigenvalue weighted by Gasteiger charge is -2.24. The second-order valence-electron chi connectivity index (χ2n) is 7.77. The van der Waals surface area contributed by atoms with Gasteiger partial charge in [-0.05, 0) is 38.3 Å². The van der Waals surface area contributed by atoms with E-state index in [4.69, 9.17) is 20.8 Å². The van der Waals surface area contributed by atoms with Gasteiger partial charge in [0.05, 0.1) is 5.75 Å². The van der Waals surface area contributed by atoms with Crippen LogP contribution in [0.2, 0.25) is 5.02 Å². The zero-order valence-corrected chi connectivity index (χ0v) is 18.7. The first-order valence-corrected chi connectivity index (χ1v) is 11.2. The normalized spacial score (nSPS) is 14.3. The molecule has 0 aliphatic carbocycles. The first-order chi connectivity index (χ1) is 13.4. The molecule has 0 radical (unpaired) electrons. The molecule has 8 nitrogen and oxygen atoms in total. The van der Waals surface area contributed by atoms with E-state index in [0.29, 0.717) is 17.0 Å². The topological polar surface area (TPSA) is 111 Å². The standard InChI is InChI=1S/C19H26ClN3O5S/c1-6-12(2)15(21-17(24)28-19(3,4)5)16-22-23-18(27-16)29(25,26)11-13-9-7-8-10-14(13)20/h7-10,12,15H,6,11H2,1-5H3,(H,21,24)/t12-,15-/m0/s1. The van der Waals surface area contributed by atoms with Crippen molar-refractivity contribution in [3.8, 4) is 0 Å². The van der Waals surface area contributed by atoms with Crippen LogP contribution in [0.4, 0.5) is 4.79 Å². The molecular weight excluding hydrogens is 418 g/mol. The van der Waals surface area contributed by atoms with E-state index in [9.17, 15) is 13.2 Å². The summed E-state index contributed by atoms with van der Waals surface area (Å²) in [5, 5.41) is 10.1. The summed E-state index contributed by atoms with van der Waals surface area (Å²) >= 11 is 6.05. The van der Waals surface area contributed by atoms with E-state index in [1.807, 2.05) is 13.8 Å². The smallest absolute Gasteiger partial charge is 0.408 e. The lowest BCUT2D eigenvalue weighted by atomic mass is 9.99. The number of nitrogens with one attached hydrogen (secondary N) is 1. The molecule has 0 spiro atoms. The van der Waals surface area contributed by atoms with E-state index >= 15 is 0 Å². The van der Waals surface area contributed by atoms with Gasteiger partial charge < -0.3 is 14.5 Å². The number of hydrogen-bond donors (Lipinski definition) is 1. The first-order valence-electron chi connectivity index (χ1n) is 9.22. The minimum Gasteiger partial charge on any atom is -0.444 e. The highest BCUT2D eigenvalue weighted by molar-refractivity contribution is 7.90. The third kappa shape index (κ3) is 6.43. The lowest BCUT2D eigenvalue weighted by molar-refractivity contribution is 0.0473. The van der Waals surface area contributed by atoms with Crippen LogP contribution in [0, 0.1) is 5.92 Å². The number of alkyl carbamates (subject to hydrolysis) is 1. The largest absolute Gasteiger partial charge is 0.444 e. The minimum absolute atomic E-state index is 0.00272. The van der Waals surface area contributed by atoms with Crippen LogP contribution in [-0.4, -0.2) is 30.3 Å². The van der Waals surface area contributed by atoms with Crippen molar-refractivity contribution in [1.29, 1.82) is 0 Å². The number of halogens is 1. The number of nitrogens with zero attached hydrogens (tertiary/aromatic N) is 2. The SMILES string of the molecule is CC[C@H](C)[C@H](NC(=O)OC(C)(C)C)c1nnc(S(=O)(=O)Cc2ccccc2Cl)o1.